The molecule has 1 fully saturated rings. The van der Waals surface area contributed by atoms with E-state index in [1.54, 1.807) is 7.11 Å². The number of fused-ring (bicyclic) bond motifs is 1. The number of nitrogens with zero attached hydrogens (tertiary/aromatic N) is 1. The third-order valence-corrected chi connectivity index (χ3v) is 6.61. The van der Waals surface area contributed by atoms with Crippen LogP contribution in [0.3, 0.4) is 0 Å². The second-order valence-electron chi connectivity index (χ2n) is 9.51. The Morgan fingerprint density at radius 1 is 1.19 bits per heavy atom. The molecular formula is C26H34N2O3. The molecule has 166 valence electrons. The number of methoxy groups -OCH3 is 1. The summed E-state index contributed by atoms with van der Waals surface area (Å²) >= 11 is 0. The molecule has 0 aromatic heterocycles. The second-order valence-corrected chi connectivity index (χ2v) is 9.51. The number of hydrogen-bond acceptors (Lipinski definition) is 4. The molecule has 5 heteroatoms. The van der Waals surface area contributed by atoms with Crippen LogP contribution in [0.25, 0.3) is 0 Å². The Morgan fingerprint density at radius 2 is 1.94 bits per heavy atom. The van der Waals surface area contributed by atoms with Gasteiger partial charge in [0.1, 0.15) is 17.1 Å². The van der Waals surface area contributed by atoms with Crippen LogP contribution in [-0.2, 0) is 11.3 Å². The van der Waals surface area contributed by atoms with Crippen LogP contribution in [0.15, 0.2) is 42.5 Å². The summed E-state index contributed by atoms with van der Waals surface area (Å²) < 4.78 is 11.5. The third-order valence-electron chi connectivity index (χ3n) is 6.61. The minimum absolute atomic E-state index is 0.0397. The van der Waals surface area contributed by atoms with Gasteiger partial charge in [0.05, 0.1) is 13.2 Å². The highest BCUT2D eigenvalue weighted by Gasteiger charge is 2.36. The average molecular weight is 423 g/mol. The number of aryl methyl sites for hydroxylation is 1. The highest BCUT2D eigenvalue weighted by atomic mass is 16.5. The summed E-state index contributed by atoms with van der Waals surface area (Å²) in [6.45, 7) is 9.18. The van der Waals surface area contributed by atoms with Gasteiger partial charge >= 0.3 is 0 Å². The molecule has 1 N–H and O–H groups in total. The van der Waals surface area contributed by atoms with E-state index in [0.29, 0.717) is 0 Å². The molecule has 31 heavy (non-hydrogen) atoms. The predicted molar refractivity (Wildman–Crippen MR) is 122 cm³/mol. The summed E-state index contributed by atoms with van der Waals surface area (Å²) in [5, 5.41) is 3.33. The highest BCUT2D eigenvalue weighted by Crippen LogP contribution is 2.41. The van der Waals surface area contributed by atoms with Gasteiger partial charge in [-0.3, -0.25) is 9.69 Å². The van der Waals surface area contributed by atoms with Crippen LogP contribution in [0.5, 0.6) is 11.5 Å². The summed E-state index contributed by atoms with van der Waals surface area (Å²) in [4.78, 5) is 15.6. The third kappa shape index (κ3) is 5.04. The van der Waals surface area contributed by atoms with Crippen molar-refractivity contribution in [2.45, 2.75) is 58.2 Å². The molecule has 2 heterocycles. The Morgan fingerprint density at radius 3 is 2.65 bits per heavy atom. The van der Waals surface area contributed by atoms with Gasteiger partial charge in [-0.1, -0.05) is 24.3 Å². The Kier molecular flexibility index (Phi) is 6.24. The molecule has 0 saturated carbocycles. The van der Waals surface area contributed by atoms with Gasteiger partial charge in [0.15, 0.2) is 0 Å². The van der Waals surface area contributed by atoms with Crippen LogP contribution in [-0.4, -0.2) is 36.6 Å². The normalized spacial score (nSPS) is 21.1. The van der Waals surface area contributed by atoms with E-state index in [4.69, 9.17) is 9.47 Å². The molecule has 0 bridgehead atoms. The molecule has 0 aliphatic carbocycles. The summed E-state index contributed by atoms with van der Waals surface area (Å²) in [6, 6.07) is 14.4. The standard InChI is InChI=1S/C26H34N2O3/c1-18-7-5-6-8-20(18)17-28-13-11-19(12-14-28)25(29)27-23-16-26(2,3)31-24-15-21(30-4)9-10-22(23)24/h5-10,15,19,23H,11-14,16-17H2,1-4H3,(H,27,29). The average Bonchev–Trinajstić information content (AvgIpc) is 2.74. The smallest absolute Gasteiger partial charge is 0.223 e. The summed E-state index contributed by atoms with van der Waals surface area (Å²) in [6.07, 6.45) is 2.56. The van der Waals surface area contributed by atoms with Gasteiger partial charge in [0.25, 0.3) is 0 Å². The number of hydrogen-bond donors (Lipinski definition) is 1. The molecule has 0 spiro atoms. The molecule has 1 amide bonds. The van der Waals surface area contributed by atoms with Crippen LogP contribution < -0.4 is 14.8 Å². The fourth-order valence-corrected chi connectivity index (χ4v) is 4.76. The van der Waals surface area contributed by atoms with Crippen molar-refractivity contribution in [1.29, 1.82) is 0 Å². The fraction of sp³-hybridized carbons (Fsp3) is 0.500. The summed E-state index contributed by atoms with van der Waals surface area (Å²) in [7, 11) is 1.65. The second kappa shape index (κ2) is 8.91. The van der Waals surface area contributed by atoms with Crippen LogP contribution in [0.4, 0.5) is 0 Å². The van der Waals surface area contributed by atoms with E-state index in [9.17, 15) is 4.79 Å². The molecule has 0 radical (unpaired) electrons. The zero-order valence-corrected chi connectivity index (χ0v) is 19.1. The number of piperidine rings is 1. The first kappa shape index (κ1) is 21.7. The van der Waals surface area contributed by atoms with Gasteiger partial charge in [0.2, 0.25) is 5.91 Å². The molecule has 4 rings (SSSR count). The Bertz CT molecular complexity index is 932. The molecule has 2 aromatic carbocycles. The van der Waals surface area contributed by atoms with Gasteiger partial charge in [-0.05, 0) is 70.0 Å². The zero-order chi connectivity index (χ0) is 22.0. The summed E-state index contributed by atoms with van der Waals surface area (Å²) in [5.74, 6) is 1.80. The maximum atomic E-state index is 13.1. The van der Waals surface area contributed by atoms with E-state index in [1.807, 2.05) is 18.2 Å². The Balaban J connectivity index is 1.37. The molecule has 2 aliphatic rings. The maximum Gasteiger partial charge on any atom is 0.223 e. The lowest BCUT2D eigenvalue weighted by molar-refractivity contribution is -0.127. The highest BCUT2D eigenvalue weighted by molar-refractivity contribution is 5.79. The molecule has 1 unspecified atom stereocenters. The van der Waals surface area contributed by atoms with Crippen LogP contribution in [0, 0.1) is 12.8 Å². The minimum atomic E-state index is -0.339. The fourth-order valence-electron chi connectivity index (χ4n) is 4.76. The molecule has 1 saturated heterocycles. The SMILES string of the molecule is COc1ccc2c(c1)OC(C)(C)CC2NC(=O)C1CCN(Cc2ccccc2C)CC1. The Hall–Kier alpha value is -2.53. The number of carbonyl (C=O) groups excluding carboxylic acids is 1. The Labute approximate surface area is 185 Å². The first-order chi connectivity index (χ1) is 14.8. The topological polar surface area (TPSA) is 50.8 Å². The van der Waals surface area contributed by atoms with E-state index >= 15 is 0 Å². The first-order valence-electron chi connectivity index (χ1n) is 11.3. The van der Waals surface area contributed by atoms with Crippen LogP contribution in [0.2, 0.25) is 0 Å². The van der Waals surface area contributed by atoms with Crippen LogP contribution >= 0.6 is 0 Å². The molecule has 2 aromatic rings. The van der Waals surface area contributed by atoms with Crippen molar-refractivity contribution in [3.05, 3.63) is 59.2 Å². The van der Waals surface area contributed by atoms with Crippen molar-refractivity contribution in [2.24, 2.45) is 5.92 Å². The lowest BCUT2D eigenvalue weighted by Crippen LogP contribution is -2.45. The van der Waals surface area contributed by atoms with Gasteiger partial charge in [-0.15, -0.1) is 0 Å². The van der Waals surface area contributed by atoms with Crippen molar-refractivity contribution in [2.75, 3.05) is 20.2 Å². The minimum Gasteiger partial charge on any atom is -0.497 e. The van der Waals surface area contributed by atoms with E-state index < -0.39 is 0 Å². The number of rotatable bonds is 5. The van der Waals surface area contributed by atoms with Crippen molar-refractivity contribution in [3.8, 4) is 11.5 Å². The molecule has 1 atom stereocenters. The summed E-state index contributed by atoms with van der Waals surface area (Å²) in [5.41, 5.74) is 3.40. The maximum absolute atomic E-state index is 13.1. The lowest BCUT2D eigenvalue weighted by atomic mass is 9.88. The van der Waals surface area contributed by atoms with E-state index in [-0.39, 0.29) is 23.5 Å². The van der Waals surface area contributed by atoms with Crippen molar-refractivity contribution < 1.29 is 14.3 Å². The van der Waals surface area contributed by atoms with Gasteiger partial charge in [-0.2, -0.15) is 0 Å². The van der Waals surface area contributed by atoms with Gasteiger partial charge in [-0.25, -0.2) is 0 Å². The lowest BCUT2D eigenvalue weighted by Gasteiger charge is -2.39. The van der Waals surface area contributed by atoms with Crippen molar-refractivity contribution >= 4 is 5.91 Å². The largest absolute Gasteiger partial charge is 0.497 e. The number of benzene rings is 2. The zero-order valence-electron chi connectivity index (χ0n) is 19.1. The van der Waals surface area contributed by atoms with Gasteiger partial charge in [0, 0.05) is 30.5 Å². The quantitative estimate of drug-likeness (QED) is 0.763. The van der Waals surface area contributed by atoms with E-state index in [1.165, 1.54) is 11.1 Å². The number of likely N-dealkylation sites (tertiary alicyclic amines) is 1. The van der Waals surface area contributed by atoms with Crippen LogP contribution in [0.1, 0.15) is 55.8 Å². The number of carbonyl (C=O) groups is 1. The predicted octanol–water partition coefficient (Wildman–Crippen LogP) is 4.63. The van der Waals surface area contributed by atoms with E-state index in [2.05, 4.69) is 55.3 Å². The number of ether oxygens (including phenoxy) is 2. The molecule has 5 nitrogen and oxygen atoms in total. The van der Waals surface area contributed by atoms with Crippen molar-refractivity contribution in [1.82, 2.24) is 10.2 Å². The monoisotopic (exact) mass is 422 g/mol. The van der Waals surface area contributed by atoms with Crippen molar-refractivity contribution in [3.63, 3.8) is 0 Å². The van der Waals surface area contributed by atoms with Gasteiger partial charge < -0.3 is 14.8 Å². The molecule has 2 aliphatic heterocycles. The first-order valence-corrected chi connectivity index (χ1v) is 11.3. The number of amides is 1. The number of nitrogens with one attached hydrogen (secondary N) is 1. The molecular weight excluding hydrogens is 388 g/mol. The van der Waals surface area contributed by atoms with E-state index in [0.717, 1.165) is 56.0 Å².